The number of nitrogens with one attached hydrogen (secondary N) is 1. The molecule has 80 valence electrons. The summed E-state index contributed by atoms with van der Waals surface area (Å²) in [6, 6.07) is 6.97. The van der Waals surface area contributed by atoms with Crippen molar-refractivity contribution in [1.82, 2.24) is 5.09 Å². The topological polar surface area (TPSA) is 56.8 Å². The van der Waals surface area contributed by atoms with E-state index in [2.05, 4.69) is 5.09 Å². The van der Waals surface area contributed by atoms with Crippen LogP contribution in [0.2, 0.25) is 0 Å². The van der Waals surface area contributed by atoms with Gasteiger partial charge in [-0.3, -0.25) is 0 Å². The summed E-state index contributed by atoms with van der Waals surface area (Å²) in [6.45, 7) is -3.94. The monoisotopic (exact) mass is 247 g/mol. The molecule has 1 N–H and O–H groups in total. The molecule has 0 radical (unpaired) electrons. The Balaban J connectivity index is 2.04. The fraction of sp³-hybridized carbons (Fsp3) is 0.125. The van der Waals surface area contributed by atoms with Crippen LogP contribution in [0.1, 0.15) is 0 Å². The second kappa shape index (κ2) is 2.55. The van der Waals surface area contributed by atoms with Gasteiger partial charge in [-0.25, -0.2) is 0 Å². The normalized spacial score (nSPS) is 27.0. The summed E-state index contributed by atoms with van der Waals surface area (Å²) in [5.74, 6) is 0.482. The second-order valence-corrected chi connectivity index (χ2v) is 7.41. The minimum atomic E-state index is -3.94. The fourth-order valence-corrected chi connectivity index (χ4v) is 4.41. The Morgan fingerprint density at radius 2 is 1.80 bits per heavy atom. The first-order valence-corrected chi connectivity index (χ1v) is 7.19. The molecule has 0 atom stereocenters. The van der Waals surface area contributed by atoms with Crippen LogP contribution in [-0.4, -0.2) is 12.5 Å². The fourth-order valence-electron chi connectivity index (χ4n) is 1.48. The molecule has 1 fully saturated rings. The Labute approximate surface area is 90.3 Å². The van der Waals surface area contributed by atoms with Crippen LogP contribution in [0.25, 0.3) is 0 Å². The molecule has 7 heteroatoms. The Kier molecular flexibility index (Phi) is 1.57. The molecule has 0 amide bonds. The van der Waals surface area contributed by atoms with Gasteiger partial charge >= 0.3 is 89.8 Å². The molecule has 0 unspecified atom stereocenters. The molecule has 0 saturated carbocycles. The van der Waals surface area contributed by atoms with E-state index in [1.54, 1.807) is 24.3 Å². The van der Waals surface area contributed by atoms with Gasteiger partial charge in [-0.2, -0.15) is 0 Å². The molecule has 1 spiro atoms. The molecule has 2 heterocycles. The van der Waals surface area contributed by atoms with Crippen LogP contribution in [0.3, 0.4) is 0 Å². The van der Waals surface area contributed by atoms with E-state index in [0.29, 0.717) is 11.5 Å². The summed E-state index contributed by atoms with van der Waals surface area (Å²) in [6.07, 6.45) is 0. The van der Waals surface area contributed by atoms with Crippen LogP contribution in [0.4, 0.5) is 0 Å². The minimum absolute atomic E-state index is 0.00465. The molecule has 0 aromatic heterocycles. The number of para-hydroxylation sites is 2. The third-order valence-corrected chi connectivity index (χ3v) is 5.26. The van der Waals surface area contributed by atoms with Gasteiger partial charge in [-0.15, -0.1) is 0 Å². The molecule has 15 heavy (non-hydrogen) atoms. The Bertz CT molecular complexity index is 441. The van der Waals surface area contributed by atoms with E-state index in [1.807, 2.05) is 0 Å². The molecular weight excluding hydrogens is 241 g/mol. The first-order valence-electron chi connectivity index (χ1n) is 4.29. The van der Waals surface area contributed by atoms with Gasteiger partial charge in [0.1, 0.15) is 0 Å². The van der Waals surface area contributed by atoms with E-state index in [1.165, 1.54) is 0 Å². The van der Waals surface area contributed by atoms with Crippen molar-refractivity contribution in [3.8, 4) is 11.5 Å². The zero-order valence-corrected chi connectivity index (χ0v) is 9.13. The van der Waals surface area contributed by atoms with E-state index in [0.717, 1.165) is 0 Å². The number of rotatable bonds is 0. The first-order chi connectivity index (χ1) is 7.07. The number of carbonyl (C=O) groups excluding carboxylic acids is 1. The number of benzene rings is 1. The molecule has 3 rings (SSSR count). The molecule has 2 aliphatic heterocycles. The number of hydrogen-bond donors (Lipinski definition) is 1. The van der Waals surface area contributed by atoms with Crippen LogP contribution in [-0.2, 0) is 9.32 Å². The summed E-state index contributed by atoms with van der Waals surface area (Å²) in [5.41, 5.74) is 0. The zero-order chi connectivity index (χ0) is 10.5. The van der Waals surface area contributed by atoms with Crippen molar-refractivity contribution in [3.63, 3.8) is 0 Å². The number of halogens is 1. The quantitative estimate of drug-likeness (QED) is 0.711. The van der Waals surface area contributed by atoms with Crippen LogP contribution in [0.15, 0.2) is 24.3 Å². The molecule has 1 aromatic rings. The van der Waals surface area contributed by atoms with Crippen molar-refractivity contribution >= 4 is 24.0 Å². The van der Waals surface area contributed by atoms with Gasteiger partial charge in [0.2, 0.25) is 0 Å². The predicted octanol–water partition coefficient (Wildman–Crippen LogP) is 1.97. The number of hydrogen-bond acceptors (Lipinski definition) is 5. The van der Waals surface area contributed by atoms with Crippen LogP contribution < -0.4 is 14.1 Å². The van der Waals surface area contributed by atoms with Gasteiger partial charge in [-0.05, 0) is 0 Å². The molecule has 1 saturated heterocycles. The van der Waals surface area contributed by atoms with E-state index in [-0.39, 0.29) is 6.54 Å². The summed E-state index contributed by atoms with van der Waals surface area (Å²) in [7, 11) is 0. The zero-order valence-electron chi connectivity index (χ0n) is 7.47. The van der Waals surface area contributed by atoms with Crippen molar-refractivity contribution < 1.29 is 18.4 Å². The standard InChI is InChI=1S/C8H7ClNO4P/c9-15(10-5-8(11)14-15)12-6-3-1-2-4-7(6)13-15/h1-4,10H,5H2. The molecule has 0 bridgehead atoms. The van der Waals surface area contributed by atoms with Crippen molar-refractivity contribution in [2.45, 2.75) is 0 Å². The number of fused-ring (bicyclic) bond motifs is 1. The van der Waals surface area contributed by atoms with Gasteiger partial charge in [-0.1, -0.05) is 0 Å². The van der Waals surface area contributed by atoms with Crippen molar-refractivity contribution in [2.24, 2.45) is 0 Å². The third-order valence-electron chi connectivity index (χ3n) is 2.09. The number of carbonyl (C=O) groups is 1. The summed E-state index contributed by atoms with van der Waals surface area (Å²) >= 11 is 6.15. The van der Waals surface area contributed by atoms with Crippen molar-refractivity contribution in [3.05, 3.63) is 24.3 Å². The van der Waals surface area contributed by atoms with Crippen molar-refractivity contribution in [1.29, 1.82) is 0 Å². The maximum absolute atomic E-state index is 11.1. The first kappa shape index (κ1) is 9.21. The maximum atomic E-state index is 11.1. The van der Waals surface area contributed by atoms with Crippen LogP contribution >= 0.6 is 18.0 Å². The summed E-state index contributed by atoms with van der Waals surface area (Å²) < 4.78 is 15.8. The molecule has 1 aromatic carbocycles. The van der Waals surface area contributed by atoms with Gasteiger partial charge in [0.25, 0.3) is 0 Å². The van der Waals surface area contributed by atoms with E-state index >= 15 is 0 Å². The van der Waals surface area contributed by atoms with Crippen LogP contribution in [0, 0.1) is 0 Å². The summed E-state index contributed by atoms with van der Waals surface area (Å²) in [4.78, 5) is 11.1. The predicted molar refractivity (Wildman–Crippen MR) is 54.6 cm³/mol. The van der Waals surface area contributed by atoms with Crippen LogP contribution in [0.5, 0.6) is 11.5 Å². The molecule has 2 aliphatic rings. The Morgan fingerprint density at radius 1 is 1.20 bits per heavy atom. The van der Waals surface area contributed by atoms with E-state index in [4.69, 9.17) is 24.8 Å². The molecule has 5 nitrogen and oxygen atoms in total. The van der Waals surface area contributed by atoms with E-state index < -0.39 is 12.8 Å². The van der Waals surface area contributed by atoms with Gasteiger partial charge in [0, 0.05) is 0 Å². The van der Waals surface area contributed by atoms with Gasteiger partial charge in [0.05, 0.1) is 0 Å². The average Bonchev–Trinajstić information content (AvgIpc) is 2.63. The van der Waals surface area contributed by atoms with E-state index in [9.17, 15) is 4.79 Å². The Hall–Kier alpha value is -1.03. The Morgan fingerprint density at radius 3 is 2.27 bits per heavy atom. The summed E-state index contributed by atoms with van der Waals surface area (Å²) in [5, 5.41) is 2.68. The van der Waals surface area contributed by atoms with Crippen molar-refractivity contribution in [2.75, 3.05) is 6.54 Å². The third kappa shape index (κ3) is 1.28. The average molecular weight is 248 g/mol. The SMILES string of the molecule is O=C1CNP2(Cl)(O1)Oc1ccccc1O2. The van der Waals surface area contributed by atoms with Gasteiger partial charge in [0.15, 0.2) is 0 Å². The molecule has 0 aliphatic carbocycles. The molecular formula is C8H7ClNO4P. The van der Waals surface area contributed by atoms with Gasteiger partial charge < -0.3 is 0 Å². The second-order valence-electron chi connectivity index (χ2n) is 3.22.